The molecule has 0 saturated carbocycles. The third-order valence-electron chi connectivity index (χ3n) is 5.57. The standard InChI is InChI=1S/C26H44N2/c1-23(2,3)18-22(25(7,8)9)28(26(10,11)12)19-13-15-27-16-14-20(21(27)17-19)24(4,5)6/h13-17,22H,18H2,1-12H3. The maximum atomic E-state index is 2.68. The Hall–Kier alpha value is -1.44. The lowest BCUT2D eigenvalue weighted by Gasteiger charge is -2.51. The van der Waals surface area contributed by atoms with E-state index in [0.717, 1.165) is 6.42 Å². The number of hydrogen-bond donors (Lipinski definition) is 0. The first-order chi connectivity index (χ1) is 12.4. The van der Waals surface area contributed by atoms with Gasteiger partial charge < -0.3 is 9.30 Å². The van der Waals surface area contributed by atoms with Crippen LogP contribution in [-0.4, -0.2) is 16.0 Å². The molecule has 2 aromatic rings. The number of anilines is 1. The highest BCUT2D eigenvalue weighted by Crippen LogP contribution is 2.41. The molecule has 0 aliphatic heterocycles. The summed E-state index contributed by atoms with van der Waals surface area (Å²) in [6.45, 7) is 28.2. The fourth-order valence-electron chi connectivity index (χ4n) is 4.27. The molecule has 2 rings (SSSR count). The Kier molecular flexibility index (Phi) is 5.80. The second kappa shape index (κ2) is 7.11. The van der Waals surface area contributed by atoms with Gasteiger partial charge in [0, 0.05) is 29.7 Å². The first kappa shape index (κ1) is 22.8. The van der Waals surface area contributed by atoms with Crippen molar-refractivity contribution in [3.05, 3.63) is 36.2 Å². The summed E-state index contributed by atoms with van der Waals surface area (Å²) < 4.78 is 2.26. The summed E-state index contributed by atoms with van der Waals surface area (Å²) >= 11 is 0. The van der Waals surface area contributed by atoms with E-state index in [1.165, 1.54) is 16.8 Å². The first-order valence-electron chi connectivity index (χ1n) is 10.8. The minimum absolute atomic E-state index is 0.0377. The fraction of sp³-hybridized carbons (Fsp3) is 0.692. The highest BCUT2D eigenvalue weighted by Gasteiger charge is 2.39. The van der Waals surface area contributed by atoms with Crippen molar-refractivity contribution in [2.45, 2.75) is 107 Å². The molecule has 28 heavy (non-hydrogen) atoms. The van der Waals surface area contributed by atoms with E-state index in [2.05, 4.69) is 123 Å². The molecule has 2 nitrogen and oxygen atoms in total. The second-order valence-electron chi connectivity index (χ2n) is 12.8. The molecule has 0 bridgehead atoms. The minimum atomic E-state index is 0.0377. The molecule has 0 aliphatic carbocycles. The van der Waals surface area contributed by atoms with Crippen LogP contribution in [0.3, 0.4) is 0 Å². The van der Waals surface area contributed by atoms with Crippen molar-refractivity contribution in [3.63, 3.8) is 0 Å². The van der Waals surface area contributed by atoms with Gasteiger partial charge in [-0.3, -0.25) is 0 Å². The van der Waals surface area contributed by atoms with Crippen molar-refractivity contribution in [2.75, 3.05) is 4.90 Å². The van der Waals surface area contributed by atoms with Crippen molar-refractivity contribution in [2.24, 2.45) is 10.8 Å². The van der Waals surface area contributed by atoms with Crippen LogP contribution in [0.1, 0.15) is 95.1 Å². The predicted octanol–water partition coefficient (Wildman–Crippen LogP) is 7.69. The molecular formula is C26H44N2. The van der Waals surface area contributed by atoms with Gasteiger partial charge in [-0.25, -0.2) is 0 Å². The summed E-state index contributed by atoms with van der Waals surface area (Å²) in [5, 5.41) is 0. The maximum absolute atomic E-state index is 2.68. The average molecular weight is 385 g/mol. The van der Waals surface area contributed by atoms with Crippen LogP contribution in [0.25, 0.3) is 5.52 Å². The molecule has 0 N–H and O–H groups in total. The van der Waals surface area contributed by atoms with Gasteiger partial charge in [0.05, 0.1) is 5.52 Å². The van der Waals surface area contributed by atoms with Crippen molar-refractivity contribution in [3.8, 4) is 0 Å². The van der Waals surface area contributed by atoms with Crippen LogP contribution in [0.4, 0.5) is 5.69 Å². The van der Waals surface area contributed by atoms with Crippen LogP contribution in [-0.2, 0) is 5.41 Å². The quantitative estimate of drug-likeness (QED) is 0.526. The van der Waals surface area contributed by atoms with Crippen molar-refractivity contribution in [1.82, 2.24) is 4.40 Å². The lowest BCUT2D eigenvalue weighted by atomic mass is 9.74. The first-order valence-corrected chi connectivity index (χ1v) is 10.8. The Balaban J connectivity index is 2.68. The molecule has 0 aliphatic rings. The van der Waals surface area contributed by atoms with E-state index in [1.807, 2.05) is 0 Å². The second-order valence-corrected chi connectivity index (χ2v) is 12.8. The van der Waals surface area contributed by atoms with Crippen LogP contribution >= 0.6 is 0 Å². The van der Waals surface area contributed by atoms with E-state index in [9.17, 15) is 0 Å². The molecule has 0 aromatic carbocycles. The zero-order chi connectivity index (χ0) is 21.7. The number of pyridine rings is 1. The summed E-state index contributed by atoms with van der Waals surface area (Å²) in [4.78, 5) is 2.68. The Morgan fingerprint density at radius 2 is 1.36 bits per heavy atom. The van der Waals surface area contributed by atoms with E-state index in [1.54, 1.807) is 0 Å². The topological polar surface area (TPSA) is 7.65 Å². The van der Waals surface area contributed by atoms with E-state index >= 15 is 0 Å². The molecule has 0 fully saturated rings. The van der Waals surface area contributed by atoms with Gasteiger partial charge in [0.25, 0.3) is 0 Å². The molecule has 2 heteroatoms. The predicted molar refractivity (Wildman–Crippen MR) is 126 cm³/mol. The van der Waals surface area contributed by atoms with Crippen LogP contribution < -0.4 is 4.90 Å². The largest absolute Gasteiger partial charge is 0.363 e. The molecule has 0 saturated heterocycles. The number of aromatic nitrogens is 1. The van der Waals surface area contributed by atoms with Crippen LogP contribution in [0.2, 0.25) is 0 Å². The van der Waals surface area contributed by atoms with Crippen LogP contribution in [0.5, 0.6) is 0 Å². The minimum Gasteiger partial charge on any atom is -0.363 e. The number of nitrogens with zero attached hydrogens (tertiary/aromatic N) is 2. The summed E-state index contributed by atoms with van der Waals surface area (Å²) in [7, 11) is 0. The number of rotatable bonds is 3. The highest BCUT2D eigenvalue weighted by molar-refractivity contribution is 5.67. The smallest absolute Gasteiger partial charge is 0.0507 e. The fourth-order valence-corrected chi connectivity index (χ4v) is 4.27. The normalized spacial score (nSPS) is 15.1. The molecule has 0 spiro atoms. The zero-order valence-electron chi connectivity index (χ0n) is 20.6. The maximum Gasteiger partial charge on any atom is 0.0507 e. The van der Waals surface area contributed by atoms with Crippen molar-refractivity contribution in [1.29, 1.82) is 0 Å². The number of hydrogen-bond acceptors (Lipinski definition) is 1. The van der Waals surface area contributed by atoms with Crippen LogP contribution in [0, 0.1) is 10.8 Å². The Morgan fingerprint density at radius 1 is 0.821 bits per heavy atom. The van der Waals surface area contributed by atoms with Gasteiger partial charge in [-0.2, -0.15) is 0 Å². The molecule has 0 radical (unpaired) electrons. The van der Waals surface area contributed by atoms with Gasteiger partial charge in [-0.15, -0.1) is 0 Å². The molecule has 158 valence electrons. The summed E-state index contributed by atoms with van der Waals surface area (Å²) in [5.74, 6) is 0. The van der Waals surface area contributed by atoms with E-state index in [4.69, 9.17) is 0 Å². The summed E-state index contributed by atoms with van der Waals surface area (Å²) in [6, 6.07) is 7.43. The van der Waals surface area contributed by atoms with E-state index < -0.39 is 0 Å². The van der Waals surface area contributed by atoms with Gasteiger partial charge in [0.1, 0.15) is 0 Å². The Morgan fingerprint density at radius 3 is 1.79 bits per heavy atom. The monoisotopic (exact) mass is 384 g/mol. The van der Waals surface area contributed by atoms with Crippen molar-refractivity contribution < 1.29 is 0 Å². The van der Waals surface area contributed by atoms with Crippen LogP contribution in [0.15, 0.2) is 30.6 Å². The lowest BCUT2D eigenvalue weighted by Crippen LogP contribution is -2.55. The lowest BCUT2D eigenvalue weighted by molar-refractivity contribution is 0.198. The van der Waals surface area contributed by atoms with E-state index in [0.29, 0.717) is 6.04 Å². The third-order valence-corrected chi connectivity index (χ3v) is 5.57. The molecular weight excluding hydrogens is 340 g/mol. The third kappa shape index (κ3) is 5.13. The number of fused-ring (bicyclic) bond motifs is 1. The van der Waals surface area contributed by atoms with E-state index in [-0.39, 0.29) is 21.8 Å². The Labute approximate surface area is 174 Å². The molecule has 2 aromatic heterocycles. The molecule has 2 heterocycles. The summed E-state index contributed by atoms with van der Waals surface area (Å²) in [5.41, 5.74) is 4.69. The van der Waals surface area contributed by atoms with Gasteiger partial charge >= 0.3 is 0 Å². The average Bonchev–Trinajstić information content (AvgIpc) is 2.85. The molecule has 1 atom stereocenters. The molecule has 1 unspecified atom stereocenters. The summed E-state index contributed by atoms with van der Waals surface area (Å²) in [6.07, 6.45) is 5.58. The van der Waals surface area contributed by atoms with Gasteiger partial charge in [0.2, 0.25) is 0 Å². The Bertz CT molecular complexity index is 798. The van der Waals surface area contributed by atoms with Gasteiger partial charge in [-0.05, 0) is 67.2 Å². The van der Waals surface area contributed by atoms with Gasteiger partial charge in [0.15, 0.2) is 0 Å². The van der Waals surface area contributed by atoms with Gasteiger partial charge in [-0.1, -0.05) is 62.3 Å². The zero-order valence-corrected chi connectivity index (χ0v) is 20.6. The SMILES string of the molecule is CC(C)(C)CC(N(c1ccn2ccc(C(C)(C)C)c2c1)C(C)(C)C)C(C)(C)C. The highest BCUT2D eigenvalue weighted by atomic mass is 15.2. The van der Waals surface area contributed by atoms with Crippen molar-refractivity contribution >= 4 is 11.2 Å². The molecule has 0 amide bonds.